The van der Waals surface area contributed by atoms with Crippen LogP contribution < -0.4 is 10.3 Å². The van der Waals surface area contributed by atoms with Gasteiger partial charge in [-0.3, -0.25) is 9.59 Å². The minimum atomic E-state index is -0.900. The molecule has 3 rings (SSSR count). The number of anilines is 1. The third kappa shape index (κ3) is 3.02. The number of piperazine rings is 1. The lowest BCUT2D eigenvalue weighted by Crippen LogP contribution is -2.45. The summed E-state index contributed by atoms with van der Waals surface area (Å²) in [5, 5.41) is -0.258. The van der Waals surface area contributed by atoms with Gasteiger partial charge in [0.2, 0.25) is 0 Å². The summed E-state index contributed by atoms with van der Waals surface area (Å²) in [5.74, 6) is -1.76. The topological polar surface area (TPSA) is 45.6 Å². The number of fused-ring (bicyclic) bond motifs is 1. The summed E-state index contributed by atoms with van der Waals surface area (Å²) in [4.78, 5) is 26.9. The second-order valence-corrected chi connectivity index (χ2v) is 6.12. The minimum absolute atomic E-state index is 0.177. The van der Waals surface area contributed by atoms with E-state index in [2.05, 4.69) is 0 Å². The lowest BCUT2D eigenvalue weighted by atomic mass is 10.1. The summed E-state index contributed by atoms with van der Waals surface area (Å²) in [5.41, 5.74) is -1.41. The van der Waals surface area contributed by atoms with Gasteiger partial charge >= 0.3 is 0 Å². The Labute approximate surface area is 142 Å². The van der Waals surface area contributed by atoms with Gasteiger partial charge in [-0.25, -0.2) is 13.2 Å². The van der Waals surface area contributed by atoms with E-state index in [-0.39, 0.29) is 28.7 Å². The average Bonchev–Trinajstić information content (AvgIpc) is 2.59. The molecule has 25 heavy (non-hydrogen) atoms. The molecule has 0 radical (unpaired) electrons. The van der Waals surface area contributed by atoms with Crippen LogP contribution in [0.3, 0.4) is 0 Å². The number of aldehydes is 1. The first-order valence-electron chi connectivity index (χ1n) is 7.97. The second kappa shape index (κ2) is 6.87. The van der Waals surface area contributed by atoms with Crippen molar-refractivity contribution in [2.75, 3.05) is 44.8 Å². The smallest absolute Gasteiger partial charge is 0.200 e. The number of hydrogen-bond donors (Lipinski definition) is 0. The van der Waals surface area contributed by atoms with Crippen molar-refractivity contribution in [3.05, 3.63) is 39.7 Å². The number of carbonyl (C=O) groups is 1. The molecule has 5 nitrogen and oxygen atoms in total. The van der Waals surface area contributed by atoms with Gasteiger partial charge in [-0.2, -0.15) is 0 Å². The lowest BCUT2D eigenvalue weighted by molar-refractivity contribution is 0.112. The predicted molar refractivity (Wildman–Crippen MR) is 89.2 cm³/mol. The highest BCUT2D eigenvalue weighted by Gasteiger charge is 2.25. The van der Waals surface area contributed by atoms with Gasteiger partial charge in [0.15, 0.2) is 17.5 Å². The van der Waals surface area contributed by atoms with Crippen LogP contribution in [-0.2, 0) is 6.54 Å². The van der Waals surface area contributed by atoms with E-state index in [0.717, 1.165) is 16.8 Å². The van der Waals surface area contributed by atoms with Gasteiger partial charge in [0.25, 0.3) is 0 Å². The Bertz CT molecular complexity index is 874. The molecule has 0 bridgehead atoms. The number of nitrogens with zero attached hydrogens (tertiary/aromatic N) is 3. The standard InChI is InChI=1S/C17H18F3N3O2/c1-21-4-6-22(7-5-21)16-13(19)8-12-15(14(16)20)23(3-2-18)9-11(10-24)17(12)25/h8-10H,2-7H2,1H3. The molecule has 1 aliphatic heterocycles. The molecule has 0 aliphatic carbocycles. The van der Waals surface area contributed by atoms with E-state index < -0.39 is 23.7 Å². The Morgan fingerprint density at radius 3 is 2.48 bits per heavy atom. The minimum Gasteiger partial charge on any atom is -0.364 e. The van der Waals surface area contributed by atoms with E-state index in [0.29, 0.717) is 32.5 Å². The summed E-state index contributed by atoms with van der Waals surface area (Å²) in [6.07, 6.45) is 1.42. The van der Waals surface area contributed by atoms with Crippen molar-refractivity contribution in [2.24, 2.45) is 0 Å². The number of alkyl halides is 1. The predicted octanol–water partition coefficient (Wildman–Crippen LogP) is 1.81. The molecule has 2 heterocycles. The van der Waals surface area contributed by atoms with Crippen molar-refractivity contribution >= 4 is 22.9 Å². The highest BCUT2D eigenvalue weighted by molar-refractivity contribution is 5.89. The number of hydrogen-bond acceptors (Lipinski definition) is 4. The maximum Gasteiger partial charge on any atom is 0.200 e. The van der Waals surface area contributed by atoms with Crippen molar-refractivity contribution in [3.8, 4) is 0 Å². The van der Waals surface area contributed by atoms with E-state index in [4.69, 9.17) is 0 Å². The quantitative estimate of drug-likeness (QED) is 0.787. The third-order valence-electron chi connectivity index (χ3n) is 4.53. The number of rotatable bonds is 4. The zero-order chi connectivity index (χ0) is 18.1. The normalized spacial score (nSPS) is 15.8. The Morgan fingerprint density at radius 1 is 1.20 bits per heavy atom. The van der Waals surface area contributed by atoms with E-state index in [9.17, 15) is 18.4 Å². The summed E-state index contributed by atoms with van der Waals surface area (Å²) in [6.45, 7) is 1.14. The Morgan fingerprint density at radius 2 is 1.88 bits per heavy atom. The number of aromatic nitrogens is 1. The van der Waals surface area contributed by atoms with Gasteiger partial charge in [0.05, 0.1) is 23.0 Å². The summed E-state index contributed by atoms with van der Waals surface area (Å²) >= 11 is 0. The Balaban J connectivity index is 2.26. The van der Waals surface area contributed by atoms with Crippen LogP contribution in [0.2, 0.25) is 0 Å². The van der Waals surface area contributed by atoms with Crippen LogP contribution in [-0.4, -0.2) is 55.7 Å². The number of halogens is 3. The number of likely N-dealkylation sites (N-methyl/N-ethyl adjacent to an activating group) is 1. The average molecular weight is 353 g/mol. The van der Waals surface area contributed by atoms with Gasteiger partial charge in [-0.1, -0.05) is 0 Å². The molecule has 134 valence electrons. The van der Waals surface area contributed by atoms with Crippen LogP contribution in [0.25, 0.3) is 10.9 Å². The second-order valence-electron chi connectivity index (χ2n) is 6.12. The molecule has 0 unspecified atom stereocenters. The summed E-state index contributed by atoms with van der Waals surface area (Å²) in [6, 6.07) is 0.941. The zero-order valence-electron chi connectivity index (χ0n) is 13.8. The van der Waals surface area contributed by atoms with Gasteiger partial charge in [0, 0.05) is 32.4 Å². The first kappa shape index (κ1) is 17.5. The molecule has 1 aromatic heterocycles. The molecular weight excluding hydrogens is 335 g/mol. The van der Waals surface area contributed by atoms with E-state index in [1.54, 1.807) is 4.90 Å². The number of aryl methyl sites for hydroxylation is 1. The van der Waals surface area contributed by atoms with Crippen LogP contribution in [0, 0.1) is 11.6 Å². The molecule has 1 aromatic carbocycles. The van der Waals surface area contributed by atoms with Gasteiger partial charge in [-0.05, 0) is 13.1 Å². The fraction of sp³-hybridized carbons (Fsp3) is 0.412. The molecule has 1 fully saturated rings. The fourth-order valence-electron chi connectivity index (χ4n) is 3.17. The molecule has 8 heteroatoms. The number of carbonyl (C=O) groups excluding carboxylic acids is 1. The van der Waals surface area contributed by atoms with E-state index in [1.807, 2.05) is 11.9 Å². The largest absolute Gasteiger partial charge is 0.364 e. The van der Waals surface area contributed by atoms with Crippen LogP contribution >= 0.6 is 0 Å². The van der Waals surface area contributed by atoms with Crippen LogP contribution in [0.1, 0.15) is 10.4 Å². The Hall–Kier alpha value is -2.35. The molecule has 1 aliphatic rings. The van der Waals surface area contributed by atoms with E-state index in [1.165, 1.54) is 0 Å². The highest BCUT2D eigenvalue weighted by atomic mass is 19.1. The van der Waals surface area contributed by atoms with Crippen LogP contribution in [0.15, 0.2) is 17.1 Å². The molecule has 0 spiro atoms. The number of pyridine rings is 1. The molecule has 0 amide bonds. The Kier molecular flexibility index (Phi) is 4.80. The first-order valence-corrected chi connectivity index (χ1v) is 7.97. The summed E-state index contributed by atoms with van der Waals surface area (Å²) in [7, 11) is 1.92. The van der Waals surface area contributed by atoms with E-state index >= 15 is 4.39 Å². The maximum atomic E-state index is 15.1. The van der Waals surface area contributed by atoms with Crippen LogP contribution in [0.5, 0.6) is 0 Å². The number of benzene rings is 1. The zero-order valence-corrected chi connectivity index (χ0v) is 13.8. The van der Waals surface area contributed by atoms with Crippen molar-refractivity contribution < 1.29 is 18.0 Å². The van der Waals surface area contributed by atoms with Gasteiger partial charge in [-0.15, -0.1) is 0 Å². The SMILES string of the molecule is CN1CCN(c2c(F)cc3c(=O)c(C=O)cn(CCF)c3c2F)CC1. The third-order valence-corrected chi connectivity index (χ3v) is 4.53. The van der Waals surface area contributed by atoms with Crippen LogP contribution in [0.4, 0.5) is 18.9 Å². The van der Waals surface area contributed by atoms with Crippen molar-refractivity contribution in [2.45, 2.75) is 6.54 Å². The molecule has 0 N–H and O–H groups in total. The fourth-order valence-corrected chi connectivity index (χ4v) is 3.17. The van der Waals surface area contributed by atoms with Gasteiger partial charge in [0.1, 0.15) is 18.2 Å². The molecule has 0 atom stereocenters. The van der Waals surface area contributed by atoms with Gasteiger partial charge < -0.3 is 14.4 Å². The molecule has 2 aromatic rings. The van der Waals surface area contributed by atoms with Crippen molar-refractivity contribution in [1.82, 2.24) is 9.47 Å². The maximum absolute atomic E-state index is 15.1. The first-order chi connectivity index (χ1) is 12.0. The monoisotopic (exact) mass is 353 g/mol. The highest BCUT2D eigenvalue weighted by Crippen LogP contribution is 2.30. The van der Waals surface area contributed by atoms with Crippen molar-refractivity contribution in [3.63, 3.8) is 0 Å². The molecule has 1 saturated heterocycles. The van der Waals surface area contributed by atoms with Crippen molar-refractivity contribution in [1.29, 1.82) is 0 Å². The molecular formula is C17H18F3N3O2. The molecule has 0 saturated carbocycles. The summed E-state index contributed by atoms with van der Waals surface area (Å²) < 4.78 is 43.7. The lowest BCUT2D eigenvalue weighted by Gasteiger charge is -2.34.